The van der Waals surface area contributed by atoms with Gasteiger partial charge in [0.1, 0.15) is 0 Å². The number of aromatic nitrogens is 2. The van der Waals surface area contributed by atoms with Gasteiger partial charge in [-0.05, 0) is 26.2 Å². The Bertz CT molecular complexity index is 627. The van der Waals surface area contributed by atoms with E-state index in [-0.39, 0.29) is 5.97 Å². The van der Waals surface area contributed by atoms with Crippen LogP contribution in [0, 0.1) is 0 Å². The molecule has 1 N–H and O–H groups in total. The second kappa shape index (κ2) is 4.81. The minimum absolute atomic E-state index is 0.265. The van der Waals surface area contributed by atoms with Gasteiger partial charge in [-0.25, -0.2) is 9.78 Å². The Balaban J connectivity index is 2.10. The Morgan fingerprint density at radius 2 is 2.32 bits per heavy atom. The molecule has 5 heteroatoms. The van der Waals surface area contributed by atoms with Crippen LogP contribution in [0.15, 0.2) is 6.20 Å². The van der Waals surface area contributed by atoms with Gasteiger partial charge in [-0.3, -0.25) is 0 Å². The third-order valence-electron chi connectivity index (χ3n) is 3.34. The topological polar surface area (TPSA) is 55.0 Å². The number of thiazole rings is 1. The molecule has 0 radical (unpaired) electrons. The number of fused-ring (bicyclic) bond motifs is 3. The van der Waals surface area contributed by atoms with Gasteiger partial charge in [0.15, 0.2) is 0 Å². The molecule has 100 valence electrons. The van der Waals surface area contributed by atoms with Gasteiger partial charge in [0.2, 0.25) is 0 Å². The van der Waals surface area contributed by atoms with Crippen LogP contribution in [0.4, 0.5) is 0 Å². The van der Waals surface area contributed by atoms with Crippen molar-refractivity contribution in [1.29, 1.82) is 0 Å². The van der Waals surface area contributed by atoms with Crippen molar-refractivity contribution < 1.29 is 9.53 Å². The third kappa shape index (κ3) is 1.98. The van der Waals surface area contributed by atoms with Crippen LogP contribution in [-0.2, 0) is 24.0 Å². The number of ether oxygens (including phenoxy) is 1. The van der Waals surface area contributed by atoms with E-state index >= 15 is 0 Å². The van der Waals surface area contributed by atoms with E-state index in [9.17, 15) is 4.79 Å². The quantitative estimate of drug-likeness (QED) is 0.877. The first-order valence-corrected chi connectivity index (χ1v) is 7.42. The number of rotatable bonds is 3. The first-order chi connectivity index (χ1) is 9.24. The van der Waals surface area contributed by atoms with Gasteiger partial charge in [-0.15, -0.1) is 11.3 Å². The van der Waals surface area contributed by atoms with Crippen molar-refractivity contribution in [2.75, 3.05) is 6.61 Å². The van der Waals surface area contributed by atoms with E-state index in [1.165, 1.54) is 4.88 Å². The SMILES string of the molecule is CCOC(=O)c1c[nH]c2c1-c1nc(CC)sc1CC2. The van der Waals surface area contributed by atoms with Gasteiger partial charge in [0, 0.05) is 22.3 Å². The second-order valence-corrected chi connectivity index (χ2v) is 5.68. The molecule has 2 aromatic rings. The van der Waals surface area contributed by atoms with Crippen LogP contribution >= 0.6 is 11.3 Å². The summed E-state index contributed by atoms with van der Waals surface area (Å²) < 4.78 is 5.12. The van der Waals surface area contributed by atoms with Crippen LogP contribution in [0.1, 0.15) is 39.8 Å². The Hall–Kier alpha value is -1.62. The second-order valence-electron chi connectivity index (χ2n) is 4.51. The molecule has 3 rings (SSSR count). The molecule has 0 aliphatic heterocycles. The number of aryl methyl sites for hydroxylation is 3. The van der Waals surface area contributed by atoms with Crippen LogP contribution in [0.25, 0.3) is 11.3 Å². The minimum atomic E-state index is -0.265. The van der Waals surface area contributed by atoms with Gasteiger partial charge in [0.25, 0.3) is 0 Å². The van der Waals surface area contributed by atoms with Gasteiger partial charge in [0.05, 0.1) is 22.9 Å². The molecule has 0 bridgehead atoms. The Morgan fingerprint density at radius 1 is 1.47 bits per heavy atom. The van der Waals surface area contributed by atoms with E-state index in [4.69, 9.17) is 4.74 Å². The van der Waals surface area contributed by atoms with Crippen molar-refractivity contribution in [3.05, 3.63) is 27.3 Å². The summed E-state index contributed by atoms with van der Waals surface area (Å²) in [5.74, 6) is -0.265. The number of H-pyrrole nitrogens is 1. The summed E-state index contributed by atoms with van der Waals surface area (Å²) in [5, 5.41) is 1.13. The van der Waals surface area contributed by atoms with E-state index in [0.29, 0.717) is 12.2 Å². The summed E-state index contributed by atoms with van der Waals surface area (Å²) in [4.78, 5) is 21.2. The largest absolute Gasteiger partial charge is 0.462 e. The molecule has 2 aromatic heterocycles. The molecule has 2 heterocycles. The lowest BCUT2D eigenvalue weighted by Crippen LogP contribution is -2.08. The first-order valence-electron chi connectivity index (χ1n) is 6.60. The van der Waals surface area contributed by atoms with Crippen LogP contribution in [0.5, 0.6) is 0 Å². The molecule has 1 aliphatic rings. The number of nitrogens with one attached hydrogen (secondary N) is 1. The number of carbonyl (C=O) groups is 1. The highest BCUT2D eigenvalue weighted by atomic mass is 32.1. The van der Waals surface area contributed by atoms with Gasteiger partial charge in [-0.2, -0.15) is 0 Å². The van der Waals surface area contributed by atoms with Crippen molar-refractivity contribution in [3.8, 4) is 11.3 Å². The molecule has 0 aromatic carbocycles. The highest BCUT2D eigenvalue weighted by Gasteiger charge is 2.27. The molecule has 4 nitrogen and oxygen atoms in total. The maximum Gasteiger partial charge on any atom is 0.340 e. The molecule has 0 saturated heterocycles. The predicted molar refractivity (Wildman–Crippen MR) is 74.6 cm³/mol. The number of esters is 1. The number of nitrogens with zero attached hydrogens (tertiary/aromatic N) is 1. The number of hydrogen-bond acceptors (Lipinski definition) is 4. The summed E-state index contributed by atoms with van der Waals surface area (Å²) in [6.45, 7) is 4.32. The number of aromatic amines is 1. The maximum absolute atomic E-state index is 12.0. The molecule has 1 aliphatic carbocycles. The first kappa shape index (κ1) is 12.4. The highest BCUT2D eigenvalue weighted by molar-refractivity contribution is 7.12. The van der Waals surface area contributed by atoms with Crippen molar-refractivity contribution in [2.45, 2.75) is 33.1 Å². The fourth-order valence-electron chi connectivity index (χ4n) is 2.46. The lowest BCUT2D eigenvalue weighted by atomic mass is 9.97. The lowest BCUT2D eigenvalue weighted by molar-refractivity contribution is 0.0527. The van der Waals surface area contributed by atoms with Gasteiger partial charge in [-0.1, -0.05) is 6.92 Å². The van der Waals surface area contributed by atoms with Crippen LogP contribution in [0.2, 0.25) is 0 Å². The highest BCUT2D eigenvalue weighted by Crippen LogP contribution is 2.38. The average Bonchev–Trinajstić information content (AvgIpc) is 3.01. The van der Waals surface area contributed by atoms with Crippen LogP contribution < -0.4 is 0 Å². The zero-order valence-electron chi connectivity index (χ0n) is 11.1. The Kier molecular flexibility index (Phi) is 3.14. The zero-order valence-corrected chi connectivity index (χ0v) is 11.9. The zero-order chi connectivity index (χ0) is 13.4. The van der Waals surface area contributed by atoms with Crippen molar-refractivity contribution in [2.24, 2.45) is 0 Å². The molecule has 19 heavy (non-hydrogen) atoms. The maximum atomic E-state index is 12.0. The molecule has 0 amide bonds. The van der Waals surface area contributed by atoms with Crippen molar-refractivity contribution in [3.63, 3.8) is 0 Å². The molecule has 0 unspecified atom stereocenters. The molecular weight excluding hydrogens is 260 g/mol. The van der Waals surface area contributed by atoms with E-state index in [1.54, 1.807) is 17.5 Å². The standard InChI is InChI=1S/C14H16N2O2S/c1-3-11-16-13-10(19-11)6-5-9-12(13)8(7-15-9)14(17)18-4-2/h7,15H,3-6H2,1-2H3. The van der Waals surface area contributed by atoms with E-state index in [1.807, 2.05) is 6.92 Å². The third-order valence-corrected chi connectivity index (χ3v) is 4.60. The lowest BCUT2D eigenvalue weighted by Gasteiger charge is -2.12. The summed E-state index contributed by atoms with van der Waals surface area (Å²) in [6, 6.07) is 0. The molecule has 0 fully saturated rings. The summed E-state index contributed by atoms with van der Waals surface area (Å²) in [5.41, 5.74) is 3.65. The predicted octanol–water partition coefficient (Wildman–Crippen LogP) is 2.98. The molecule has 0 atom stereocenters. The monoisotopic (exact) mass is 276 g/mol. The van der Waals surface area contributed by atoms with Crippen LogP contribution in [0.3, 0.4) is 0 Å². The number of carbonyl (C=O) groups excluding carboxylic acids is 1. The number of hydrogen-bond donors (Lipinski definition) is 1. The summed E-state index contributed by atoms with van der Waals surface area (Å²) in [6.07, 6.45) is 4.63. The molecule has 0 saturated carbocycles. The normalized spacial score (nSPS) is 12.9. The Labute approximate surface area is 115 Å². The van der Waals surface area contributed by atoms with Gasteiger partial charge >= 0.3 is 5.97 Å². The fourth-order valence-corrected chi connectivity index (χ4v) is 3.47. The summed E-state index contributed by atoms with van der Waals surface area (Å²) in [7, 11) is 0. The Morgan fingerprint density at radius 3 is 3.05 bits per heavy atom. The molecular formula is C14H16N2O2S. The van der Waals surface area contributed by atoms with E-state index < -0.39 is 0 Å². The van der Waals surface area contributed by atoms with Crippen LogP contribution in [-0.4, -0.2) is 22.5 Å². The van der Waals surface area contributed by atoms with E-state index in [0.717, 1.165) is 41.2 Å². The van der Waals surface area contributed by atoms with Crippen molar-refractivity contribution in [1.82, 2.24) is 9.97 Å². The average molecular weight is 276 g/mol. The van der Waals surface area contributed by atoms with Crippen molar-refractivity contribution >= 4 is 17.3 Å². The molecule has 0 spiro atoms. The van der Waals surface area contributed by atoms with Gasteiger partial charge < -0.3 is 9.72 Å². The summed E-state index contributed by atoms with van der Waals surface area (Å²) >= 11 is 1.76. The minimum Gasteiger partial charge on any atom is -0.462 e. The van der Waals surface area contributed by atoms with E-state index in [2.05, 4.69) is 16.9 Å². The fraction of sp³-hybridized carbons (Fsp3) is 0.429. The smallest absolute Gasteiger partial charge is 0.340 e.